The SMILES string of the molecule is CC1SCCCC1Nc1ccc2nc(C(C)(C)C)[nH]c2c1. The van der Waals surface area contributed by atoms with Gasteiger partial charge in [0, 0.05) is 22.4 Å². The van der Waals surface area contributed by atoms with Crippen molar-refractivity contribution in [2.75, 3.05) is 11.1 Å². The van der Waals surface area contributed by atoms with Crippen LogP contribution in [0.4, 0.5) is 5.69 Å². The minimum absolute atomic E-state index is 0.0567. The van der Waals surface area contributed by atoms with Gasteiger partial charge >= 0.3 is 0 Å². The Hall–Kier alpha value is -1.16. The van der Waals surface area contributed by atoms with Gasteiger partial charge in [0.05, 0.1) is 11.0 Å². The van der Waals surface area contributed by atoms with Crippen molar-refractivity contribution in [3.05, 3.63) is 24.0 Å². The van der Waals surface area contributed by atoms with E-state index in [1.165, 1.54) is 24.3 Å². The third kappa shape index (κ3) is 3.20. The van der Waals surface area contributed by atoms with Gasteiger partial charge < -0.3 is 10.3 Å². The number of anilines is 1. The molecule has 0 amide bonds. The monoisotopic (exact) mass is 303 g/mol. The summed E-state index contributed by atoms with van der Waals surface area (Å²) in [6, 6.07) is 7.04. The Morgan fingerprint density at radius 3 is 2.86 bits per heavy atom. The number of fused-ring (bicyclic) bond motifs is 1. The molecule has 2 N–H and O–H groups in total. The van der Waals surface area contributed by atoms with Crippen LogP contribution in [-0.2, 0) is 5.41 Å². The maximum Gasteiger partial charge on any atom is 0.112 e. The molecule has 0 bridgehead atoms. The number of hydrogen-bond acceptors (Lipinski definition) is 3. The van der Waals surface area contributed by atoms with Gasteiger partial charge in [-0.05, 0) is 36.8 Å². The van der Waals surface area contributed by atoms with E-state index in [1.54, 1.807) is 0 Å². The molecule has 3 nitrogen and oxygen atoms in total. The Morgan fingerprint density at radius 1 is 1.33 bits per heavy atom. The van der Waals surface area contributed by atoms with Crippen LogP contribution in [0.1, 0.15) is 46.4 Å². The molecular weight excluding hydrogens is 278 g/mol. The first-order chi connectivity index (χ1) is 9.93. The maximum atomic E-state index is 4.70. The number of aromatic amines is 1. The fourth-order valence-corrected chi connectivity index (χ4v) is 3.92. The van der Waals surface area contributed by atoms with E-state index in [-0.39, 0.29) is 5.41 Å². The predicted octanol–water partition coefficient (Wildman–Crippen LogP) is 4.56. The number of benzene rings is 1. The third-order valence-corrected chi connectivity index (χ3v) is 5.53. The molecule has 114 valence electrons. The number of hydrogen-bond donors (Lipinski definition) is 2. The summed E-state index contributed by atoms with van der Waals surface area (Å²) in [7, 11) is 0. The molecule has 2 heterocycles. The quantitative estimate of drug-likeness (QED) is 0.854. The lowest BCUT2D eigenvalue weighted by molar-refractivity contribution is 0.554. The first-order valence-electron chi connectivity index (χ1n) is 7.82. The zero-order valence-electron chi connectivity index (χ0n) is 13.4. The van der Waals surface area contributed by atoms with Gasteiger partial charge in [-0.15, -0.1) is 0 Å². The van der Waals surface area contributed by atoms with E-state index in [0.29, 0.717) is 11.3 Å². The molecule has 1 aromatic heterocycles. The predicted molar refractivity (Wildman–Crippen MR) is 93.4 cm³/mol. The molecule has 0 aliphatic carbocycles. The molecule has 0 saturated carbocycles. The summed E-state index contributed by atoms with van der Waals surface area (Å²) in [6.07, 6.45) is 2.58. The summed E-state index contributed by atoms with van der Waals surface area (Å²) in [5, 5.41) is 4.38. The largest absolute Gasteiger partial charge is 0.381 e. The average Bonchev–Trinajstić information content (AvgIpc) is 2.84. The second-order valence-corrected chi connectivity index (χ2v) is 8.52. The fraction of sp³-hybridized carbons (Fsp3) is 0.588. The summed E-state index contributed by atoms with van der Waals surface area (Å²) < 4.78 is 0. The van der Waals surface area contributed by atoms with Crippen molar-refractivity contribution >= 4 is 28.5 Å². The molecule has 1 saturated heterocycles. The molecule has 1 fully saturated rings. The molecule has 21 heavy (non-hydrogen) atoms. The highest BCUT2D eigenvalue weighted by atomic mass is 32.2. The molecule has 0 spiro atoms. The van der Waals surface area contributed by atoms with Crippen molar-refractivity contribution in [1.29, 1.82) is 0 Å². The van der Waals surface area contributed by atoms with Crippen LogP contribution < -0.4 is 5.32 Å². The zero-order chi connectivity index (χ0) is 15.0. The number of H-pyrrole nitrogens is 1. The Balaban J connectivity index is 1.83. The minimum Gasteiger partial charge on any atom is -0.381 e. The molecule has 1 aliphatic rings. The Morgan fingerprint density at radius 2 is 2.14 bits per heavy atom. The van der Waals surface area contributed by atoms with Gasteiger partial charge in [-0.3, -0.25) is 0 Å². The molecule has 2 unspecified atom stereocenters. The van der Waals surface area contributed by atoms with Crippen LogP contribution in [0.2, 0.25) is 0 Å². The van der Waals surface area contributed by atoms with Crippen molar-refractivity contribution in [3.63, 3.8) is 0 Å². The van der Waals surface area contributed by atoms with Crippen LogP contribution in [0.25, 0.3) is 11.0 Å². The van der Waals surface area contributed by atoms with Crippen molar-refractivity contribution in [3.8, 4) is 0 Å². The minimum atomic E-state index is 0.0567. The van der Waals surface area contributed by atoms with E-state index in [0.717, 1.165) is 16.9 Å². The first-order valence-corrected chi connectivity index (χ1v) is 8.87. The summed E-state index contributed by atoms with van der Waals surface area (Å²) in [5.41, 5.74) is 3.43. The molecule has 1 aromatic carbocycles. The van der Waals surface area contributed by atoms with Gasteiger partial charge in [-0.25, -0.2) is 4.98 Å². The van der Waals surface area contributed by atoms with Crippen molar-refractivity contribution in [2.45, 2.75) is 57.2 Å². The fourth-order valence-electron chi connectivity index (χ4n) is 2.78. The van der Waals surface area contributed by atoms with E-state index in [1.807, 2.05) is 0 Å². The number of nitrogens with one attached hydrogen (secondary N) is 2. The van der Waals surface area contributed by atoms with Crippen LogP contribution in [0.5, 0.6) is 0 Å². The Bertz CT molecular complexity index is 626. The first kappa shape index (κ1) is 14.8. The van der Waals surface area contributed by atoms with Gasteiger partial charge in [-0.2, -0.15) is 11.8 Å². The van der Waals surface area contributed by atoms with Crippen LogP contribution in [-0.4, -0.2) is 27.0 Å². The van der Waals surface area contributed by atoms with E-state index in [2.05, 4.69) is 68.0 Å². The lowest BCUT2D eigenvalue weighted by Crippen LogP contribution is -2.32. The van der Waals surface area contributed by atoms with Crippen molar-refractivity contribution in [1.82, 2.24) is 9.97 Å². The lowest BCUT2D eigenvalue weighted by Gasteiger charge is -2.29. The summed E-state index contributed by atoms with van der Waals surface area (Å²) in [5.74, 6) is 2.35. The second kappa shape index (κ2) is 5.56. The third-order valence-electron chi connectivity index (χ3n) is 4.15. The number of thioether (sulfide) groups is 1. The lowest BCUT2D eigenvalue weighted by atomic mass is 9.96. The number of imidazole rings is 1. The van der Waals surface area contributed by atoms with E-state index >= 15 is 0 Å². The molecule has 1 aliphatic heterocycles. The van der Waals surface area contributed by atoms with E-state index in [9.17, 15) is 0 Å². The topological polar surface area (TPSA) is 40.7 Å². The zero-order valence-corrected chi connectivity index (χ0v) is 14.2. The Kier molecular flexibility index (Phi) is 3.91. The van der Waals surface area contributed by atoms with Crippen LogP contribution in [0.15, 0.2) is 18.2 Å². The molecule has 2 atom stereocenters. The molecule has 3 rings (SSSR count). The van der Waals surface area contributed by atoms with Crippen molar-refractivity contribution < 1.29 is 0 Å². The van der Waals surface area contributed by atoms with Gasteiger partial charge in [0.15, 0.2) is 0 Å². The highest BCUT2D eigenvalue weighted by Crippen LogP contribution is 2.29. The summed E-state index contributed by atoms with van der Waals surface area (Å²) in [4.78, 5) is 8.17. The van der Waals surface area contributed by atoms with Crippen molar-refractivity contribution in [2.24, 2.45) is 0 Å². The summed E-state index contributed by atoms with van der Waals surface area (Å²) >= 11 is 2.07. The molecule has 0 radical (unpaired) electrons. The van der Waals surface area contributed by atoms with Crippen LogP contribution >= 0.6 is 11.8 Å². The van der Waals surface area contributed by atoms with E-state index in [4.69, 9.17) is 4.98 Å². The normalized spacial score (nSPS) is 23.4. The highest BCUT2D eigenvalue weighted by Gasteiger charge is 2.22. The van der Waals surface area contributed by atoms with Crippen LogP contribution in [0.3, 0.4) is 0 Å². The molecular formula is C17H25N3S. The smallest absolute Gasteiger partial charge is 0.112 e. The van der Waals surface area contributed by atoms with Gasteiger partial charge in [0.2, 0.25) is 0 Å². The van der Waals surface area contributed by atoms with Gasteiger partial charge in [0.1, 0.15) is 5.82 Å². The number of rotatable bonds is 2. The highest BCUT2D eigenvalue weighted by molar-refractivity contribution is 8.00. The summed E-state index contributed by atoms with van der Waals surface area (Å²) in [6.45, 7) is 8.88. The standard InChI is InChI=1S/C17H25N3S/c1-11-13(6-5-9-21-11)18-12-7-8-14-15(10-12)20-16(19-14)17(2,3)4/h7-8,10-11,13,18H,5-6,9H2,1-4H3,(H,19,20). The number of aromatic nitrogens is 2. The average molecular weight is 303 g/mol. The molecule has 4 heteroatoms. The molecule has 2 aromatic rings. The van der Waals surface area contributed by atoms with E-state index < -0.39 is 0 Å². The Labute approximate surface area is 131 Å². The van der Waals surface area contributed by atoms with Gasteiger partial charge in [0.25, 0.3) is 0 Å². The van der Waals surface area contributed by atoms with Crippen LogP contribution in [0, 0.1) is 0 Å². The van der Waals surface area contributed by atoms with Gasteiger partial charge in [-0.1, -0.05) is 27.7 Å². The second-order valence-electron chi connectivity index (χ2n) is 7.04. The number of nitrogens with zero attached hydrogens (tertiary/aromatic N) is 1. The maximum absolute atomic E-state index is 4.70.